The van der Waals surface area contributed by atoms with E-state index in [0.29, 0.717) is 6.61 Å². The third kappa shape index (κ3) is 1.41. The Hall–Kier alpha value is -1.10. The molecule has 2 rings (SSSR count). The lowest BCUT2D eigenvalue weighted by molar-refractivity contribution is -0.242. The maximum Gasteiger partial charge on any atom is 0.330 e. The van der Waals surface area contributed by atoms with E-state index in [2.05, 4.69) is 5.32 Å². The number of nitrogens with one attached hydrogen (secondary N) is 1. The summed E-state index contributed by atoms with van der Waals surface area (Å²) in [6.07, 6.45) is 1.58. The molecule has 1 aliphatic heterocycles. The molecule has 96 valence electrons. The maximum absolute atomic E-state index is 11.6. The van der Waals surface area contributed by atoms with Crippen molar-refractivity contribution in [2.45, 2.75) is 45.3 Å². The zero-order valence-electron chi connectivity index (χ0n) is 10.4. The van der Waals surface area contributed by atoms with Gasteiger partial charge in [-0.15, -0.1) is 0 Å². The van der Waals surface area contributed by atoms with Crippen molar-refractivity contribution in [3.63, 3.8) is 0 Å². The fourth-order valence-corrected chi connectivity index (χ4v) is 3.56. The molecular formula is C12H19NO4. The number of hydrogen-bond acceptors (Lipinski definition) is 3. The highest BCUT2D eigenvalue weighted by molar-refractivity contribution is 5.89. The standard InChI is InChI=1S/C12H19NO4/c1-7(14)13-12(10(15)16)8-5-4-6-17-9(8)11(12,2)3/h8-9H,4-6H2,1-3H3,(H,13,14)(H,15,16). The van der Waals surface area contributed by atoms with E-state index < -0.39 is 16.9 Å². The summed E-state index contributed by atoms with van der Waals surface area (Å²) in [7, 11) is 0. The van der Waals surface area contributed by atoms with Crippen LogP contribution in [0.1, 0.15) is 33.6 Å². The first kappa shape index (κ1) is 12.4. The van der Waals surface area contributed by atoms with E-state index in [1.807, 2.05) is 13.8 Å². The van der Waals surface area contributed by atoms with Crippen molar-refractivity contribution in [2.24, 2.45) is 11.3 Å². The second kappa shape index (κ2) is 3.70. The third-order valence-electron chi connectivity index (χ3n) is 4.32. The second-order valence-electron chi connectivity index (χ2n) is 5.56. The van der Waals surface area contributed by atoms with Gasteiger partial charge in [-0.2, -0.15) is 0 Å². The fourth-order valence-electron chi connectivity index (χ4n) is 3.56. The van der Waals surface area contributed by atoms with Crippen LogP contribution < -0.4 is 5.32 Å². The number of rotatable bonds is 2. The molecule has 0 radical (unpaired) electrons. The van der Waals surface area contributed by atoms with Crippen molar-refractivity contribution in [3.8, 4) is 0 Å². The summed E-state index contributed by atoms with van der Waals surface area (Å²) in [5.41, 5.74) is -1.75. The van der Waals surface area contributed by atoms with Gasteiger partial charge in [-0.1, -0.05) is 13.8 Å². The SMILES string of the molecule is CC(=O)NC1(C(=O)O)C2CCCOC2C1(C)C. The van der Waals surface area contributed by atoms with Gasteiger partial charge < -0.3 is 15.2 Å². The monoisotopic (exact) mass is 241 g/mol. The van der Waals surface area contributed by atoms with E-state index in [1.165, 1.54) is 6.92 Å². The first-order valence-electron chi connectivity index (χ1n) is 5.98. The Morgan fingerprint density at radius 2 is 2.06 bits per heavy atom. The number of carbonyl (C=O) groups is 2. The largest absolute Gasteiger partial charge is 0.479 e. The summed E-state index contributed by atoms with van der Waals surface area (Å²) in [5.74, 6) is -1.37. The van der Waals surface area contributed by atoms with Gasteiger partial charge in [0.1, 0.15) is 0 Å². The molecule has 0 bridgehead atoms. The molecule has 2 fully saturated rings. The van der Waals surface area contributed by atoms with Gasteiger partial charge in [-0.25, -0.2) is 4.79 Å². The van der Waals surface area contributed by atoms with Crippen molar-refractivity contribution >= 4 is 11.9 Å². The smallest absolute Gasteiger partial charge is 0.330 e. The Morgan fingerprint density at radius 3 is 2.59 bits per heavy atom. The normalized spacial score (nSPS) is 38.8. The molecule has 1 amide bonds. The van der Waals surface area contributed by atoms with E-state index in [-0.39, 0.29) is 17.9 Å². The Balaban J connectivity index is 2.37. The predicted molar refractivity (Wildman–Crippen MR) is 60.4 cm³/mol. The van der Waals surface area contributed by atoms with Gasteiger partial charge >= 0.3 is 5.97 Å². The zero-order chi connectivity index (χ0) is 12.8. The number of carbonyl (C=O) groups excluding carboxylic acids is 1. The average Bonchev–Trinajstić information content (AvgIpc) is 2.25. The van der Waals surface area contributed by atoms with Crippen LogP contribution in [0.3, 0.4) is 0 Å². The van der Waals surface area contributed by atoms with Gasteiger partial charge in [0.15, 0.2) is 5.54 Å². The van der Waals surface area contributed by atoms with Crippen LogP contribution >= 0.6 is 0 Å². The fraction of sp³-hybridized carbons (Fsp3) is 0.833. The molecule has 2 N–H and O–H groups in total. The molecule has 1 heterocycles. The van der Waals surface area contributed by atoms with Gasteiger partial charge in [0.25, 0.3) is 0 Å². The number of amides is 1. The summed E-state index contributed by atoms with van der Waals surface area (Å²) >= 11 is 0. The van der Waals surface area contributed by atoms with E-state index in [4.69, 9.17) is 4.74 Å². The number of carboxylic acids is 1. The van der Waals surface area contributed by atoms with Crippen molar-refractivity contribution in [3.05, 3.63) is 0 Å². The minimum atomic E-state index is -1.18. The van der Waals surface area contributed by atoms with Gasteiger partial charge in [0.05, 0.1) is 6.10 Å². The van der Waals surface area contributed by atoms with Gasteiger partial charge in [0.2, 0.25) is 5.91 Å². The molecule has 2 aliphatic rings. The van der Waals surface area contributed by atoms with Crippen LogP contribution in [-0.2, 0) is 14.3 Å². The molecule has 1 saturated carbocycles. The molecule has 3 unspecified atom stereocenters. The van der Waals surface area contributed by atoms with Crippen LogP contribution in [0, 0.1) is 11.3 Å². The highest BCUT2D eigenvalue weighted by Gasteiger charge is 2.73. The van der Waals surface area contributed by atoms with E-state index in [0.717, 1.165) is 12.8 Å². The Kier molecular flexibility index (Phi) is 2.69. The predicted octanol–water partition coefficient (Wildman–Crippen LogP) is 0.781. The molecule has 0 aromatic rings. The summed E-state index contributed by atoms with van der Waals surface area (Å²) in [4.78, 5) is 22.9. The molecular weight excluding hydrogens is 222 g/mol. The number of aliphatic carboxylic acids is 1. The maximum atomic E-state index is 11.6. The lowest BCUT2D eigenvalue weighted by Gasteiger charge is -2.65. The summed E-state index contributed by atoms with van der Waals surface area (Å²) in [5, 5.41) is 12.2. The molecule has 0 aromatic carbocycles. The third-order valence-corrected chi connectivity index (χ3v) is 4.32. The molecule has 1 aliphatic carbocycles. The first-order valence-corrected chi connectivity index (χ1v) is 5.98. The number of ether oxygens (including phenoxy) is 1. The van der Waals surface area contributed by atoms with E-state index in [1.54, 1.807) is 0 Å². The Morgan fingerprint density at radius 1 is 1.41 bits per heavy atom. The lowest BCUT2D eigenvalue weighted by Crippen LogP contribution is -2.82. The second-order valence-corrected chi connectivity index (χ2v) is 5.56. The van der Waals surface area contributed by atoms with Crippen LogP contribution in [0.5, 0.6) is 0 Å². The topological polar surface area (TPSA) is 75.6 Å². The summed E-state index contributed by atoms with van der Waals surface area (Å²) < 4.78 is 5.66. The van der Waals surface area contributed by atoms with Crippen molar-refractivity contribution in [1.29, 1.82) is 0 Å². The zero-order valence-corrected chi connectivity index (χ0v) is 10.4. The molecule has 0 spiro atoms. The van der Waals surface area contributed by atoms with Crippen LogP contribution in [0.25, 0.3) is 0 Å². The molecule has 1 saturated heterocycles. The lowest BCUT2D eigenvalue weighted by atomic mass is 9.46. The number of hydrogen-bond donors (Lipinski definition) is 2. The minimum Gasteiger partial charge on any atom is -0.479 e. The average molecular weight is 241 g/mol. The number of fused-ring (bicyclic) bond motifs is 1. The minimum absolute atomic E-state index is 0.0702. The van der Waals surface area contributed by atoms with Crippen molar-refractivity contribution < 1.29 is 19.4 Å². The highest BCUT2D eigenvalue weighted by Crippen LogP contribution is 2.58. The Bertz CT molecular complexity index is 366. The van der Waals surface area contributed by atoms with E-state index >= 15 is 0 Å². The highest BCUT2D eigenvalue weighted by atomic mass is 16.5. The van der Waals surface area contributed by atoms with Crippen molar-refractivity contribution in [2.75, 3.05) is 6.61 Å². The van der Waals surface area contributed by atoms with E-state index in [9.17, 15) is 14.7 Å². The van der Waals surface area contributed by atoms with Gasteiger partial charge in [0, 0.05) is 24.9 Å². The van der Waals surface area contributed by atoms with Crippen LogP contribution in [0.4, 0.5) is 0 Å². The molecule has 0 aromatic heterocycles. The van der Waals surface area contributed by atoms with Crippen LogP contribution in [-0.4, -0.2) is 35.2 Å². The van der Waals surface area contributed by atoms with Gasteiger partial charge in [-0.3, -0.25) is 4.79 Å². The summed E-state index contributed by atoms with van der Waals surface area (Å²) in [6, 6.07) is 0. The molecule has 17 heavy (non-hydrogen) atoms. The van der Waals surface area contributed by atoms with Crippen LogP contribution in [0.15, 0.2) is 0 Å². The molecule has 5 heteroatoms. The quantitative estimate of drug-likeness (QED) is 0.749. The summed E-state index contributed by atoms with van der Waals surface area (Å²) in [6.45, 7) is 5.74. The Labute approximate surface area is 101 Å². The van der Waals surface area contributed by atoms with Gasteiger partial charge in [-0.05, 0) is 12.8 Å². The van der Waals surface area contributed by atoms with Crippen molar-refractivity contribution in [1.82, 2.24) is 5.32 Å². The molecule has 3 atom stereocenters. The molecule has 5 nitrogen and oxygen atoms in total. The number of carboxylic acid groups (broad SMARTS) is 1. The van der Waals surface area contributed by atoms with Crippen LogP contribution in [0.2, 0.25) is 0 Å². The first-order chi connectivity index (χ1) is 7.84.